The first-order valence-electron chi connectivity index (χ1n) is 7.98. The first-order chi connectivity index (χ1) is 11.3. The summed E-state index contributed by atoms with van der Waals surface area (Å²) in [5, 5.41) is 10.5. The SMILES string of the molecule is C[Si](C)(C)OC1(C#N)CCOc2c(Cl)cc(-c3ccccc3)cc21. The van der Waals surface area contributed by atoms with Crippen LogP contribution >= 0.6 is 11.6 Å². The van der Waals surface area contributed by atoms with Crippen LogP contribution in [0.3, 0.4) is 0 Å². The number of halogens is 1. The Balaban J connectivity index is 2.19. The molecule has 3 nitrogen and oxygen atoms in total. The Labute approximate surface area is 148 Å². The van der Waals surface area contributed by atoms with E-state index in [1.807, 2.05) is 42.5 Å². The third-order valence-corrected chi connectivity index (χ3v) is 5.19. The van der Waals surface area contributed by atoms with E-state index in [0.717, 1.165) is 16.7 Å². The third-order valence-electron chi connectivity index (χ3n) is 3.95. The Bertz CT molecular complexity index is 795. The van der Waals surface area contributed by atoms with Crippen molar-refractivity contribution in [3.8, 4) is 22.9 Å². The smallest absolute Gasteiger partial charge is 0.186 e. The van der Waals surface area contributed by atoms with Gasteiger partial charge in [-0.2, -0.15) is 5.26 Å². The van der Waals surface area contributed by atoms with Crippen molar-refractivity contribution in [2.75, 3.05) is 6.61 Å². The van der Waals surface area contributed by atoms with Crippen molar-refractivity contribution < 1.29 is 9.16 Å². The van der Waals surface area contributed by atoms with Crippen LogP contribution < -0.4 is 4.74 Å². The fourth-order valence-electron chi connectivity index (χ4n) is 3.04. The number of nitriles is 1. The summed E-state index contributed by atoms with van der Waals surface area (Å²) in [6, 6.07) is 16.3. The number of rotatable bonds is 3. The lowest BCUT2D eigenvalue weighted by Gasteiger charge is -2.38. The molecule has 0 aliphatic carbocycles. The molecule has 24 heavy (non-hydrogen) atoms. The van der Waals surface area contributed by atoms with E-state index in [1.54, 1.807) is 0 Å². The lowest BCUT2D eigenvalue weighted by molar-refractivity contribution is 0.0665. The predicted molar refractivity (Wildman–Crippen MR) is 98.7 cm³/mol. The molecule has 1 aliphatic rings. The van der Waals surface area contributed by atoms with Gasteiger partial charge in [-0.3, -0.25) is 0 Å². The molecule has 2 aromatic rings. The quantitative estimate of drug-likeness (QED) is 0.694. The van der Waals surface area contributed by atoms with E-state index in [1.165, 1.54) is 0 Å². The average molecular weight is 358 g/mol. The molecule has 0 bridgehead atoms. The van der Waals surface area contributed by atoms with Gasteiger partial charge in [-0.25, -0.2) is 0 Å². The molecule has 0 radical (unpaired) electrons. The topological polar surface area (TPSA) is 42.2 Å². The number of hydrogen-bond acceptors (Lipinski definition) is 3. The summed E-state index contributed by atoms with van der Waals surface area (Å²) in [7, 11) is -1.94. The molecule has 0 saturated heterocycles. The van der Waals surface area contributed by atoms with Crippen LogP contribution in [0.4, 0.5) is 0 Å². The number of fused-ring (bicyclic) bond motifs is 1. The number of benzene rings is 2. The van der Waals surface area contributed by atoms with E-state index in [-0.39, 0.29) is 0 Å². The van der Waals surface area contributed by atoms with Gasteiger partial charge in [0.05, 0.1) is 11.6 Å². The summed E-state index contributed by atoms with van der Waals surface area (Å²) >= 11 is 6.47. The van der Waals surface area contributed by atoms with Gasteiger partial charge in [-0.15, -0.1) is 0 Å². The zero-order valence-corrected chi connectivity index (χ0v) is 15.9. The molecule has 3 rings (SSSR count). The molecule has 1 unspecified atom stereocenters. The van der Waals surface area contributed by atoms with Crippen molar-refractivity contribution >= 4 is 19.9 Å². The van der Waals surface area contributed by atoms with Gasteiger partial charge in [0, 0.05) is 12.0 Å². The monoisotopic (exact) mass is 357 g/mol. The van der Waals surface area contributed by atoms with E-state index in [2.05, 4.69) is 25.7 Å². The van der Waals surface area contributed by atoms with Gasteiger partial charge in [0.25, 0.3) is 0 Å². The molecule has 5 heteroatoms. The molecule has 0 aromatic heterocycles. The maximum atomic E-state index is 9.95. The fraction of sp³-hybridized carbons (Fsp3) is 0.316. The van der Waals surface area contributed by atoms with Gasteiger partial charge in [-0.05, 0) is 42.9 Å². The largest absolute Gasteiger partial charge is 0.491 e. The van der Waals surface area contributed by atoms with Crippen LogP contribution in [0, 0.1) is 11.3 Å². The van der Waals surface area contributed by atoms with Gasteiger partial charge >= 0.3 is 0 Å². The lowest BCUT2D eigenvalue weighted by Crippen LogP contribution is -2.43. The second-order valence-corrected chi connectivity index (χ2v) is 11.8. The van der Waals surface area contributed by atoms with Crippen molar-refractivity contribution in [3.63, 3.8) is 0 Å². The van der Waals surface area contributed by atoms with Crippen molar-refractivity contribution in [2.45, 2.75) is 31.7 Å². The summed E-state index contributed by atoms with van der Waals surface area (Å²) < 4.78 is 12.1. The maximum Gasteiger partial charge on any atom is 0.186 e. The number of hydrogen-bond donors (Lipinski definition) is 0. The Morgan fingerprint density at radius 3 is 2.50 bits per heavy atom. The van der Waals surface area contributed by atoms with Crippen LogP contribution in [0.15, 0.2) is 42.5 Å². The molecule has 0 spiro atoms. The average Bonchev–Trinajstić information content (AvgIpc) is 2.55. The van der Waals surface area contributed by atoms with Crippen LogP contribution in [-0.4, -0.2) is 14.9 Å². The van der Waals surface area contributed by atoms with Gasteiger partial charge in [-0.1, -0.05) is 41.9 Å². The van der Waals surface area contributed by atoms with Crippen LogP contribution in [0.1, 0.15) is 12.0 Å². The molecule has 1 atom stereocenters. The molecule has 1 heterocycles. The van der Waals surface area contributed by atoms with E-state index >= 15 is 0 Å². The summed E-state index contributed by atoms with van der Waals surface area (Å²) in [5.74, 6) is 0.572. The minimum absolute atomic E-state index is 0.426. The standard InChI is InChI=1S/C19H20ClNO2Si/c1-24(2,3)23-19(13-21)9-10-22-18-16(19)11-15(12-17(18)20)14-7-5-4-6-8-14/h4-8,11-12H,9-10H2,1-3H3. The van der Waals surface area contributed by atoms with E-state index in [9.17, 15) is 5.26 Å². The zero-order chi connectivity index (χ0) is 17.4. The van der Waals surface area contributed by atoms with Gasteiger partial charge in [0.2, 0.25) is 0 Å². The molecule has 0 amide bonds. The molecular formula is C19H20ClNO2Si. The van der Waals surface area contributed by atoms with E-state index < -0.39 is 13.9 Å². The zero-order valence-electron chi connectivity index (χ0n) is 14.1. The molecule has 0 fully saturated rings. The maximum absolute atomic E-state index is 9.95. The van der Waals surface area contributed by atoms with Crippen LogP contribution in [0.25, 0.3) is 11.1 Å². The highest BCUT2D eigenvalue weighted by molar-refractivity contribution is 6.69. The third kappa shape index (κ3) is 3.20. The minimum atomic E-state index is -1.94. The van der Waals surface area contributed by atoms with E-state index in [4.69, 9.17) is 20.8 Å². The number of nitrogens with zero attached hydrogens (tertiary/aromatic N) is 1. The van der Waals surface area contributed by atoms with Crippen molar-refractivity contribution in [1.82, 2.24) is 0 Å². The molecule has 124 valence electrons. The normalized spacial score (nSPS) is 20.0. The summed E-state index contributed by atoms with van der Waals surface area (Å²) in [5.41, 5.74) is 1.76. The molecular weight excluding hydrogens is 338 g/mol. The van der Waals surface area contributed by atoms with Crippen LogP contribution in [-0.2, 0) is 10.0 Å². The Morgan fingerprint density at radius 2 is 1.88 bits per heavy atom. The highest BCUT2D eigenvalue weighted by atomic mass is 35.5. The minimum Gasteiger partial charge on any atom is -0.491 e. The van der Waals surface area contributed by atoms with Crippen molar-refractivity contribution in [1.29, 1.82) is 5.26 Å². The lowest BCUT2D eigenvalue weighted by atomic mass is 9.87. The summed E-state index contributed by atoms with van der Waals surface area (Å²) in [6.07, 6.45) is 0.509. The first kappa shape index (κ1) is 17.0. The summed E-state index contributed by atoms with van der Waals surface area (Å²) in [6.45, 7) is 6.69. The summed E-state index contributed by atoms with van der Waals surface area (Å²) in [4.78, 5) is 0. The Morgan fingerprint density at radius 1 is 1.17 bits per heavy atom. The molecule has 1 aliphatic heterocycles. The number of ether oxygens (including phenoxy) is 1. The Hall–Kier alpha value is -1.80. The van der Waals surface area contributed by atoms with Gasteiger partial charge < -0.3 is 9.16 Å². The Kier molecular flexibility index (Phi) is 4.44. The fourth-order valence-corrected chi connectivity index (χ4v) is 4.61. The molecule has 2 aromatic carbocycles. The van der Waals surface area contributed by atoms with Crippen LogP contribution in [0.5, 0.6) is 5.75 Å². The molecule has 0 N–H and O–H groups in total. The highest BCUT2D eigenvalue weighted by Gasteiger charge is 2.43. The predicted octanol–water partition coefficient (Wildman–Crippen LogP) is 5.36. The highest BCUT2D eigenvalue weighted by Crippen LogP contribution is 2.46. The van der Waals surface area contributed by atoms with E-state index in [0.29, 0.717) is 23.8 Å². The van der Waals surface area contributed by atoms with Crippen molar-refractivity contribution in [2.24, 2.45) is 0 Å². The second kappa shape index (κ2) is 6.25. The molecule has 0 saturated carbocycles. The van der Waals surface area contributed by atoms with Gasteiger partial charge in [0.1, 0.15) is 11.8 Å². The van der Waals surface area contributed by atoms with Gasteiger partial charge in [0.15, 0.2) is 13.9 Å². The first-order valence-corrected chi connectivity index (χ1v) is 11.8. The van der Waals surface area contributed by atoms with Crippen LogP contribution in [0.2, 0.25) is 24.7 Å². The second-order valence-electron chi connectivity index (χ2n) is 6.95. The van der Waals surface area contributed by atoms with Crippen molar-refractivity contribution in [3.05, 3.63) is 53.1 Å².